The number of hydrogen-bond donors (Lipinski definition) is 1. The van der Waals surface area contributed by atoms with E-state index >= 15 is 0 Å². The number of nitrogens with zero attached hydrogens (tertiary/aromatic N) is 1. The lowest BCUT2D eigenvalue weighted by Crippen LogP contribution is -2.30. The fourth-order valence-electron chi connectivity index (χ4n) is 2.43. The van der Waals surface area contributed by atoms with Crippen molar-refractivity contribution < 1.29 is 19.1 Å². The van der Waals surface area contributed by atoms with E-state index < -0.39 is 0 Å². The van der Waals surface area contributed by atoms with E-state index in [-0.39, 0.29) is 18.4 Å². The van der Waals surface area contributed by atoms with Gasteiger partial charge in [0.25, 0.3) is 11.8 Å². The molecule has 6 heteroatoms. The van der Waals surface area contributed by atoms with Gasteiger partial charge in [0.15, 0.2) is 6.61 Å². The summed E-state index contributed by atoms with van der Waals surface area (Å²) in [6.07, 6.45) is 0. The molecule has 0 radical (unpaired) electrons. The van der Waals surface area contributed by atoms with E-state index in [1.54, 1.807) is 60.5 Å². The molecule has 0 spiro atoms. The van der Waals surface area contributed by atoms with Crippen molar-refractivity contribution in [3.05, 3.63) is 54.1 Å². The summed E-state index contributed by atoms with van der Waals surface area (Å²) in [7, 11) is 1.57. The summed E-state index contributed by atoms with van der Waals surface area (Å²) in [5, 5.41) is 2.74. The molecule has 6 nitrogen and oxygen atoms in total. The number of ether oxygens (including phenoxy) is 2. The van der Waals surface area contributed by atoms with Crippen LogP contribution in [-0.4, -0.2) is 43.5 Å². The van der Waals surface area contributed by atoms with Gasteiger partial charge in [0, 0.05) is 30.4 Å². The van der Waals surface area contributed by atoms with E-state index in [1.165, 1.54) is 0 Å². The molecule has 2 aromatic carbocycles. The summed E-state index contributed by atoms with van der Waals surface area (Å²) < 4.78 is 10.6. The first-order chi connectivity index (χ1) is 12.6. The Kier molecular flexibility index (Phi) is 7.02. The average Bonchev–Trinajstić information content (AvgIpc) is 2.67. The van der Waals surface area contributed by atoms with E-state index in [0.717, 1.165) is 0 Å². The van der Waals surface area contributed by atoms with Crippen LogP contribution in [0.4, 0.5) is 5.69 Å². The maximum absolute atomic E-state index is 12.3. The smallest absolute Gasteiger partial charge is 0.262 e. The summed E-state index contributed by atoms with van der Waals surface area (Å²) in [4.78, 5) is 26.0. The number of benzene rings is 2. The summed E-state index contributed by atoms with van der Waals surface area (Å²) in [6.45, 7) is 5.09. The first-order valence-electron chi connectivity index (χ1n) is 8.53. The van der Waals surface area contributed by atoms with Crippen LogP contribution in [0.25, 0.3) is 0 Å². The molecule has 26 heavy (non-hydrogen) atoms. The Bertz CT molecular complexity index is 740. The highest BCUT2D eigenvalue weighted by atomic mass is 16.5. The van der Waals surface area contributed by atoms with Crippen LogP contribution in [0.15, 0.2) is 48.5 Å². The standard InChI is InChI=1S/C20H24N2O4/c1-4-22(5-2)20(24)15-9-11-17(12-10-15)26-14-19(23)21-16-7-6-8-18(13-16)25-3/h6-13H,4-5,14H2,1-3H3,(H,21,23). The SMILES string of the molecule is CCN(CC)C(=O)c1ccc(OCC(=O)Nc2cccc(OC)c2)cc1. The van der Waals surface area contributed by atoms with E-state index in [2.05, 4.69) is 5.32 Å². The summed E-state index contributed by atoms with van der Waals surface area (Å²) >= 11 is 0. The molecule has 1 N–H and O–H groups in total. The molecule has 0 atom stereocenters. The van der Waals surface area contributed by atoms with Gasteiger partial charge in [-0.3, -0.25) is 9.59 Å². The number of nitrogens with one attached hydrogen (secondary N) is 1. The van der Waals surface area contributed by atoms with Gasteiger partial charge in [-0.2, -0.15) is 0 Å². The van der Waals surface area contributed by atoms with Crippen LogP contribution >= 0.6 is 0 Å². The molecular weight excluding hydrogens is 332 g/mol. The van der Waals surface area contributed by atoms with Gasteiger partial charge in [-0.25, -0.2) is 0 Å². The number of carbonyl (C=O) groups is 2. The number of anilines is 1. The van der Waals surface area contributed by atoms with E-state index in [9.17, 15) is 9.59 Å². The minimum atomic E-state index is -0.276. The van der Waals surface area contributed by atoms with Crippen LogP contribution in [0.3, 0.4) is 0 Å². The van der Waals surface area contributed by atoms with Gasteiger partial charge in [0.2, 0.25) is 0 Å². The van der Waals surface area contributed by atoms with Crippen LogP contribution in [0.5, 0.6) is 11.5 Å². The molecule has 2 aromatic rings. The van der Waals surface area contributed by atoms with E-state index in [1.807, 2.05) is 13.8 Å². The molecule has 138 valence electrons. The lowest BCUT2D eigenvalue weighted by molar-refractivity contribution is -0.118. The van der Waals surface area contributed by atoms with Gasteiger partial charge in [0.1, 0.15) is 11.5 Å². The maximum atomic E-state index is 12.3. The molecule has 2 rings (SSSR count). The second-order valence-electron chi connectivity index (χ2n) is 5.57. The third-order valence-corrected chi connectivity index (χ3v) is 3.88. The van der Waals surface area contributed by atoms with Gasteiger partial charge in [0.05, 0.1) is 7.11 Å². The molecular formula is C20H24N2O4. The second-order valence-corrected chi connectivity index (χ2v) is 5.57. The molecule has 0 aliphatic carbocycles. The fraction of sp³-hybridized carbons (Fsp3) is 0.300. The van der Waals surface area contributed by atoms with Crippen LogP contribution in [0.2, 0.25) is 0 Å². The number of rotatable bonds is 8. The van der Waals surface area contributed by atoms with Crippen molar-refractivity contribution in [3.63, 3.8) is 0 Å². The lowest BCUT2D eigenvalue weighted by Gasteiger charge is -2.18. The van der Waals surface area contributed by atoms with Crippen molar-refractivity contribution in [1.29, 1.82) is 0 Å². The van der Waals surface area contributed by atoms with Gasteiger partial charge in [-0.15, -0.1) is 0 Å². The molecule has 0 unspecified atom stereocenters. The molecule has 0 aliphatic heterocycles. The Morgan fingerprint density at radius 3 is 2.31 bits per heavy atom. The highest BCUT2D eigenvalue weighted by molar-refractivity contribution is 5.94. The fourth-order valence-corrected chi connectivity index (χ4v) is 2.43. The van der Waals surface area contributed by atoms with Crippen molar-refractivity contribution in [3.8, 4) is 11.5 Å². The highest BCUT2D eigenvalue weighted by Crippen LogP contribution is 2.17. The van der Waals surface area contributed by atoms with Crippen molar-refractivity contribution >= 4 is 17.5 Å². The molecule has 0 fully saturated rings. The van der Waals surface area contributed by atoms with Crippen LogP contribution in [0, 0.1) is 0 Å². The first kappa shape index (κ1) is 19.3. The summed E-state index contributed by atoms with van der Waals surface area (Å²) in [6, 6.07) is 13.9. The third-order valence-electron chi connectivity index (χ3n) is 3.88. The Morgan fingerprint density at radius 1 is 1.00 bits per heavy atom. The van der Waals surface area contributed by atoms with Crippen LogP contribution < -0.4 is 14.8 Å². The van der Waals surface area contributed by atoms with Gasteiger partial charge < -0.3 is 19.7 Å². The van der Waals surface area contributed by atoms with Crippen molar-refractivity contribution in [2.75, 3.05) is 32.1 Å². The second kappa shape index (κ2) is 9.46. The molecule has 0 heterocycles. The van der Waals surface area contributed by atoms with Gasteiger partial charge in [-0.05, 0) is 50.2 Å². The molecule has 2 amide bonds. The molecule has 0 bridgehead atoms. The molecule has 0 saturated carbocycles. The topological polar surface area (TPSA) is 67.9 Å². The van der Waals surface area contributed by atoms with Gasteiger partial charge >= 0.3 is 0 Å². The predicted molar refractivity (Wildman–Crippen MR) is 101 cm³/mol. The van der Waals surface area contributed by atoms with Gasteiger partial charge in [-0.1, -0.05) is 6.07 Å². The molecule has 0 aliphatic rings. The number of carbonyl (C=O) groups excluding carboxylic acids is 2. The molecule has 0 aromatic heterocycles. The zero-order valence-corrected chi connectivity index (χ0v) is 15.3. The lowest BCUT2D eigenvalue weighted by atomic mass is 10.2. The zero-order chi connectivity index (χ0) is 18.9. The summed E-state index contributed by atoms with van der Waals surface area (Å²) in [5.41, 5.74) is 1.24. The highest BCUT2D eigenvalue weighted by Gasteiger charge is 2.12. The Hall–Kier alpha value is -3.02. The number of methoxy groups -OCH3 is 1. The predicted octanol–water partition coefficient (Wildman–Crippen LogP) is 3.19. The van der Waals surface area contributed by atoms with Crippen molar-refractivity contribution in [1.82, 2.24) is 4.90 Å². The van der Waals surface area contributed by atoms with E-state index in [0.29, 0.717) is 35.8 Å². The number of amides is 2. The van der Waals surface area contributed by atoms with E-state index in [4.69, 9.17) is 9.47 Å². The Morgan fingerprint density at radius 2 is 1.69 bits per heavy atom. The third kappa shape index (κ3) is 5.24. The average molecular weight is 356 g/mol. The normalized spacial score (nSPS) is 10.1. The Labute approximate surface area is 153 Å². The van der Waals surface area contributed by atoms with Crippen molar-refractivity contribution in [2.24, 2.45) is 0 Å². The van der Waals surface area contributed by atoms with Crippen LogP contribution in [-0.2, 0) is 4.79 Å². The largest absolute Gasteiger partial charge is 0.497 e. The first-order valence-corrected chi connectivity index (χ1v) is 8.53. The minimum absolute atomic E-state index is 0.0164. The van der Waals surface area contributed by atoms with Crippen LogP contribution in [0.1, 0.15) is 24.2 Å². The maximum Gasteiger partial charge on any atom is 0.262 e. The quantitative estimate of drug-likeness (QED) is 0.789. The monoisotopic (exact) mass is 356 g/mol. The minimum Gasteiger partial charge on any atom is -0.497 e. The summed E-state index contributed by atoms with van der Waals surface area (Å²) in [5.74, 6) is 0.901. The zero-order valence-electron chi connectivity index (χ0n) is 15.3. The number of hydrogen-bond acceptors (Lipinski definition) is 4. The van der Waals surface area contributed by atoms with Crippen molar-refractivity contribution in [2.45, 2.75) is 13.8 Å². The Balaban J connectivity index is 1.89. The molecule has 0 saturated heterocycles.